The summed E-state index contributed by atoms with van der Waals surface area (Å²) in [7, 11) is 0. The maximum atomic E-state index is 12.1. The first-order valence-corrected chi connectivity index (χ1v) is 5.57. The van der Waals surface area contributed by atoms with E-state index >= 15 is 0 Å². The molecule has 1 nitrogen and oxygen atoms in total. The second-order valence-electron chi connectivity index (χ2n) is 3.55. The Morgan fingerprint density at radius 3 is 2.62 bits per heavy atom. The van der Waals surface area contributed by atoms with Gasteiger partial charge in [0.05, 0.1) is 6.42 Å². The molecule has 0 saturated heterocycles. The Hall–Kier alpha value is -0.970. The molecule has 5 heteroatoms. The van der Waals surface area contributed by atoms with E-state index in [1.54, 1.807) is 10.8 Å². The first-order chi connectivity index (χ1) is 7.47. The molecule has 2 aromatic rings. The van der Waals surface area contributed by atoms with Crippen LogP contribution in [0.2, 0.25) is 0 Å². The fourth-order valence-electron chi connectivity index (χ4n) is 1.63. The SMILES string of the molecule is FC(F)(F)CCn1ccc2c(Br)cccc21. The molecule has 0 aliphatic rings. The highest BCUT2D eigenvalue weighted by atomic mass is 79.9. The minimum Gasteiger partial charge on any atom is -0.347 e. The number of halogens is 4. The Labute approximate surface area is 99.0 Å². The molecule has 0 saturated carbocycles. The Bertz CT molecular complexity index is 501. The van der Waals surface area contributed by atoms with Crippen molar-refractivity contribution < 1.29 is 13.2 Å². The second kappa shape index (κ2) is 4.13. The van der Waals surface area contributed by atoms with Gasteiger partial charge < -0.3 is 4.57 Å². The maximum Gasteiger partial charge on any atom is 0.390 e. The normalized spacial score (nSPS) is 12.2. The summed E-state index contributed by atoms with van der Waals surface area (Å²) in [6.07, 6.45) is -3.23. The average Bonchev–Trinajstić information content (AvgIpc) is 2.58. The first-order valence-electron chi connectivity index (χ1n) is 4.77. The summed E-state index contributed by atoms with van der Waals surface area (Å²) in [6, 6.07) is 7.32. The van der Waals surface area contributed by atoms with Crippen molar-refractivity contribution in [1.82, 2.24) is 4.57 Å². The highest BCUT2D eigenvalue weighted by Gasteiger charge is 2.26. The van der Waals surface area contributed by atoms with Crippen molar-refractivity contribution in [3.63, 3.8) is 0 Å². The van der Waals surface area contributed by atoms with Crippen molar-refractivity contribution >= 4 is 26.8 Å². The van der Waals surface area contributed by atoms with Crippen LogP contribution in [0.1, 0.15) is 6.42 Å². The maximum absolute atomic E-state index is 12.1. The zero-order valence-corrected chi connectivity index (χ0v) is 9.85. The van der Waals surface area contributed by atoms with Crippen LogP contribution in [0.15, 0.2) is 34.9 Å². The van der Waals surface area contributed by atoms with Crippen LogP contribution < -0.4 is 0 Å². The standard InChI is InChI=1S/C11H9BrF3N/c12-9-2-1-3-10-8(9)4-6-16(10)7-5-11(13,14)15/h1-4,6H,5,7H2. The van der Waals surface area contributed by atoms with Gasteiger partial charge in [-0.1, -0.05) is 22.0 Å². The molecule has 0 N–H and O–H groups in total. The summed E-state index contributed by atoms with van der Waals surface area (Å²) in [5.74, 6) is 0. The predicted molar refractivity (Wildman–Crippen MR) is 60.3 cm³/mol. The van der Waals surface area contributed by atoms with E-state index in [2.05, 4.69) is 15.9 Å². The lowest BCUT2D eigenvalue weighted by Gasteiger charge is -2.08. The largest absolute Gasteiger partial charge is 0.390 e. The third-order valence-corrected chi connectivity index (χ3v) is 3.09. The van der Waals surface area contributed by atoms with Gasteiger partial charge in [0.2, 0.25) is 0 Å². The van der Waals surface area contributed by atoms with E-state index in [9.17, 15) is 13.2 Å². The number of hydrogen-bond donors (Lipinski definition) is 0. The van der Waals surface area contributed by atoms with Gasteiger partial charge in [-0.25, -0.2) is 0 Å². The number of aryl methyl sites for hydroxylation is 1. The van der Waals surface area contributed by atoms with E-state index in [-0.39, 0.29) is 6.54 Å². The molecule has 0 spiro atoms. The molecule has 86 valence electrons. The summed E-state index contributed by atoms with van der Waals surface area (Å²) in [5, 5.41) is 0.935. The monoisotopic (exact) mass is 291 g/mol. The summed E-state index contributed by atoms with van der Waals surface area (Å²) in [4.78, 5) is 0. The molecular weight excluding hydrogens is 283 g/mol. The van der Waals surface area contributed by atoms with E-state index in [1.807, 2.05) is 24.3 Å². The van der Waals surface area contributed by atoms with Gasteiger partial charge in [-0.05, 0) is 18.2 Å². The van der Waals surface area contributed by atoms with Crippen LogP contribution in [-0.4, -0.2) is 10.7 Å². The quantitative estimate of drug-likeness (QED) is 0.775. The topological polar surface area (TPSA) is 4.93 Å². The van der Waals surface area contributed by atoms with Crippen LogP contribution in [-0.2, 0) is 6.54 Å². The predicted octanol–water partition coefficient (Wildman–Crippen LogP) is 4.36. The first kappa shape index (κ1) is 11.5. The van der Waals surface area contributed by atoms with E-state index in [1.165, 1.54) is 0 Å². The second-order valence-corrected chi connectivity index (χ2v) is 4.40. The van der Waals surface area contributed by atoms with Crippen LogP contribution in [0.3, 0.4) is 0 Å². The fraction of sp³-hybridized carbons (Fsp3) is 0.273. The number of alkyl halides is 3. The Kier molecular flexibility index (Phi) is 2.97. The average molecular weight is 292 g/mol. The van der Waals surface area contributed by atoms with Crippen LogP contribution >= 0.6 is 15.9 Å². The lowest BCUT2D eigenvalue weighted by molar-refractivity contribution is -0.136. The fourth-order valence-corrected chi connectivity index (χ4v) is 2.12. The van der Waals surface area contributed by atoms with Crippen LogP contribution in [0.25, 0.3) is 10.9 Å². The van der Waals surface area contributed by atoms with Gasteiger partial charge in [-0.3, -0.25) is 0 Å². The van der Waals surface area contributed by atoms with Crippen molar-refractivity contribution in [2.45, 2.75) is 19.1 Å². The number of fused-ring (bicyclic) bond motifs is 1. The summed E-state index contributed by atoms with van der Waals surface area (Å²) in [6.45, 7) is -0.0382. The van der Waals surface area contributed by atoms with Crippen molar-refractivity contribution in [3.05, 3.63) is 34.9 Å². The molecule has 0 aliphatic heterocycles. The third kappa shape index (κ3) is 2.40. The van der Waals surface area contributed by atoms with Gasteiger partial charge in [-0.15, -0.1) is 0 Å². The van der Waals surface area contributed by atoms with Gasteiger partial charge in [0, 0.05) is 28.1 Å². The molecule has 0 unspecified atom stereocenters. The Morgan fingerprint density at radius 1 is 1.19 bits per heavy atom. The minimum atomic E-state index is -4.11. The summed E-state index contributed by atoms with van der Waals surface area (Å²) >= 11 is 3.37. The number of benzene rings is 1. The molecule has 2 rings (SSSR count). The molecule has 0 amide bonds. The van der Waals surface area contributed by atoms with E-state index in [0.29, 0.717) is 0 Å². The lowest BCUT2D eigenvalue weighted by atomic mass is 10.2. The van der Waals surface area contributed by atoms with Gasteiger partial charge >= 0.3 is 6.18 Å². The third-order valence-electron chi connectivity index (χ3n) is 2.40. The Balaban J connectivity index is 2.29. The van der Waals surface area contributed by atoms with Crippen molar-refractivity contribution in [1.29, 1.82) is 0 Å². The Morgan fingerprint density at radius 2 is 1.94 bits per heavy atom. The molecule has 1 aromatic carbocycles. The van der Waals surface area contributed by atoms with E-state index in [0.717, 1.165) is 15.4 Å². The van der Waals surface area contributed by atoms with Crippen molar-refractivity contribution in [2.75, 3.05) is 0 Å². The number of rotatable bonds is 2. The molecule has 1 aromatic heterocycles. The zero-order valence-electron chi connectivity index (χ0n) is 8.26. The van der Waals surface area contributed by atoms with Gasteiger partial charge in [0.1, 0.15) is 0 Å². The molecule has 0 radical (unpaired) electrons. The molecule has 0 aliphatic carbocycles. The smallest absolute Gasteiger partial charge is 0.347 e. The number of nitrogens with zero attached hydrogens (tertiary/aromatic N) is 1. The van der Waals surface area contributed by atoms with Gasteiger partial charge in [-0.2, -0.15) is 13.2 Å². The van der Waals surface area contributed by atoms with Gasteiger partial charge in [0.15, 0.2) is 0 Å². The van der Waals surface area contributed by atoms with Crippen LogP contribution in [0.4, 0.5) is 13.2 Å². The highest BCUT2D eigenvalue weighted by Crippen LogP contribution is 2.26. The molecule has 0 atom stereocenters. The van der Waals surface area contributed by atoms with E-state index < -0.39 is 12.6 Å². The molecular formula is C11H9BrF3N. The molecule has 1 heterocycles. The molecule has 0 fully saturated rings. The van der Waals surface area contributed by atoms with Crippen LogP contribution in [0, 0.1) is 0 Å². The van der Waals surface area contributed by atoms with Gasteiger partial charge in [0.25, 0.3) is 0 Å². The van der Waals surface area contributed by atoms with Crippen LogP contribution in [0.5, 0.6) is 0 Å². The molecule has 0 bridgehead atoms. The highest BCUT2D eigenvalue weighted by molar-refractivity contribution is 9.10. The number of aromatic nitrogens is 1. The van der Waals surface area contributed by atoms with Crippen molar-refractivity contribution in [2.24, 2.45) is 0 Å². The lowest BCUT2D eigenvalue weighted by Crippen LogP contribution is -2.11. The molecule has 16 heavy (non-hydrogen) atoms. The van der Waals surface area contributed by atoms with Crippen molar-refractivity contribution in [3.8, 4) is 0 Å². The summed E-state index contributed by atoms with van der Waals surface area (Å²) < 4.78 is 38.8. The summed E-state index contributed by atoms with van der Waals surface area (Å²) in [5.41, 5.74) is 0.818. The van der Waals surface area contributed by atoms with E-state index in [4.69, 9.17) is 0 Å². The number of hydrogen-bond acceptors (Lipinski definition) is 0. The zero-order chi connectivity index (χ0) is 11.8. The minimum absolute atomic E-state index is 0.0382.